The highest BCUT2D eigenvalue weighted by molar-refractivity contribution is 5.74. The Morgan fingerprint density at radius 3 is 2.91 bits per heavy atom. The van der Waals surface area contributed by atoms with Crippen molar-refractivity contribution in [1.82, 2.24) is 19.5 Å². The van der Waals surface area contributed by atoms with Gasteiger partial charge < -0.3 is 19.9 Å². The van der Waals surface area contributed by atoms with Gasteiger partial charge in [-0.15, -0.1) is 0 Å². The molecule has 0 radical (unpaired) electrons. The molecule has 3 heterocycles. The number of aryl methyl sites for hydroxylation is 1. The van der Waals surface area contributed by atoms with Gasteiger partial charge in [0.1, 0.15) is 17.8 Å². The molecule has 2 aromatic heterocycles. The minimum absolute atomic E-state index is 0.0216. The van der Waals surface area contributed by atoms with Gasteiger partial charge in [0.25, 0.3) is 0 Å². The van der Waals surface area contributed by atoms with Crippen LogP contribution in [-0.2, 0) is 20.6 Å². The normalized spacial score (nSPS) is 24.6. The van der Waals surface area contributed by atoms with Gasteiger partial charge >= 0.3 is 0 Å². The molecule has 0 spiro atoms. The number of methoxy groups -OCH3 is 2. The highest BCUT2D eigenvalue weighted by atomic mass is 16.6. The SMILES string of the molecule is CCCc1nc(N)nc2c1ncn2C1CC(OC)C(COC)O1. The number of nitrogen functional groups attached to an aromatic ring is 1. The lowest BCUT2D eigenvalue weighted by molar-refractivity contribution is -0.0597. The zero-order valence-corrected chi connectivity index (χ0v) is 13.7. The fraction of sp³-hybridized carbons (Fsp3) is 0.667. The number of imidazole rings is 1. The molecule has 1 fully saturated rings. The van der Waals surface area contributed by atoms with Crippen molar-refractivity contribution < 1.29 is 14.2 Å². The lowest BCUT2D eigenvalue weighted by Gasteiger charge is -2.16. The Kier molecular flexibility index (Phi) is 4.74. The summed E-state index contributed by atoms with van der Waals surface area (Å²) in [6.07, 6.45) is 3.91. The van der Waals surface area contributed by atoms with Crippen molar-refractivity contribution >= 4 is 17.1 Å². The summed E-state index contributed by atoms with van der Waals surface area (Å²) in [5.74, 6) is 0.262. The molecule has 2 aromatic rings. The van der Waals surface area contributed by atoms with E-state index in [0.717, 1.165) is 24.1 Å². The first-order valence-corrected chi connectivity index (χ1v) is 7.84. The van der Waals surface area contributed by atoms with Crippen LogP contribution in [0.4, 0.5) is 5.95 Å². The second-order valence-corrected chi connectivity index (χ2v) is 5.70. The van der Waals surface area contributed by atoms with Crippen molar-refractivity contribution in [2.75, 3.05) is 26.6 Å². The average molecular weight is 321 g/mol. The maximum atomic E-state index is 6.07. The highest BCUT2D eigenvalue weighted by Gasteiger charge is 2.37. The van der Waals surface area contributed by atoms with Crippen LogP contribution in [0, 0.1) is 0 Å². The van der Waals surface area contributed by atoms with Gasteiger partial charge in [-0.2, -0.15) is 4.98 Å². The summed E-state index contributed by atoms with van der Waals surface area (Å²) in [4.78, 5) is 13.1. The number of anilines is 1. The molecule has 0 saturated carbocycles. The summed E-state index contributed by atoms with van der Waals surface area (Å²) in [7, 11) is 3.34. The Hall–Kier alpha value is -1.77. The summed E-state index contributed by atoms with van der Waals surface area (Å²) >= 11 is 0. The summed E-state index contributed by atoms with van der Waals surface area (Å²) in [5.41, 5.74) is 8.23. The minimum Gasteiger partial charge on any atom is -0.382 e. The molecule has 0 bridgehead atoms. The second-order valence-electron chi connectivity index (χ2n) is 5.70. The number of nitrogens with two attached hydrogens (primary N) is 1. The largest absolute Gasteiger partial charge is 0.382 e. The molecule has 126 valence electrons. The van der Waals surface area contributed by atoms with E-state index in [1.165, 1.54) is 0 Å². The van der Waals surface area contributed by atoms with Gasteiger partial charge in [0.05, 0.1) is 24.7 Å². The lowest BCUT2D eigenvalue weighted by atomic mass is 10.2. The maximum Gasteiger partial charge on any atom is 0.222 e. The molecule has 1 aliphatic rings. The van der Waals surface area contributed by atoms with Crippen LogP contribution in [0.5, 0.6) is 0 Å². The number of ether oxygens (including phenoxy) is 3. The van der Waals surface area contributed by atoms with Crippen LogP contribution in [0.25, 0.3) is 11.2 Å². The quantitative estimate of drug-likeness (QED) is 0.856. The van der Waals surface area contributed by atoms with E-state index in [0.29, 0.717) is 18.7 Å². The van der Waals surface area contributed by atoms with E-state index < -0.39 is 0 Å². The Morgan fingerprint density at radius 2 is 2.22 bits per heavy atom. The van der Waals surface area contributed by atoms with Crippen molar-refractivity contribution in [3.05, 3.63) is 12.0 Å². The predicted molar refractivity (Wildman–Crippen MR) is 84.9 cm³/mol. The first-order valence-electron chi connectivity index (χ1n) is 7.84. The average Bonchev–Trinajstić information content (AvgIpc) is 3.11. The highest BCUT2D eigenvalue weighted by Crippen LogP contribution is 2.33. The van der Waals surface area contributed by atoms with Crippen molar-refractivity contribution in [2.45, 2.75) is 44.6 Å². The maximum absolute atomic E-state index is 6.07. The number of nitrogens with zero attached hydrogens (tertiary/aromatic N) is 4. The van der Waals surface area contributed by atoms with Crippen LogP contribution < -0.4 is 5.73 Å². The molecule has 23 heavy (non-hydrogen) atoms. The van der Waals surface area contributed by atoms with E-state index in [4.69, 9.17) is 19.9 Å². The number of fused-ring (bicyclic) bond motifs is 1. The van der Waals surface area contributed by atoms with Gasteiger partial charge in [-0.3, -0.25) is 4.57 Å². The van der Waals surface area contributed by atoms with Gasteiger partial charge in [-0.25, -0.2) is 9.97 Å². The van der Waals surface area contributed by atoms with E-state index >= 15 is 0 Å². The van der Waals surface area contributed by atoms with Crippen LogP contribution in [0.2, 0.25) is 0 Å². The smallest absolute Gasteiger partial charge is 0.222 e. The third-order valence-corrected chi connectivity index (χ3v) is 4.12. The van der Waals surface area contributed by atoms with Crippen molar-refractivity contribution in [2.24, 2.45) is 0 Å². The van der Waals surface area contributed by atoms with Gasteiger partial charge in [0.2, 0.25) is 5.95 Å². The van der Waals surface area contributed by atoms with Crippen LogP contribution in [0.15, 0.2) is 6.33 Å². The third-order valence-electron chi connectivity index (χ3n) is 4.12. The molecule has 8 heteroatoms. The lowest BCUT2D eigenvalue weighted by Crippen LogP contribution is -2.27. The predicted octanol–water partition coefficient (Wildman–Crippen LogP) is 1.31. The van der Waals surface area contributed by atoms with Crippen LogP contribution >= 0.6 is 0 Å². The second kappa shape index (κ2) is 6.77. The Balaban J connectivity index is 1.94. The molecule has 1 saturated heterocycles. The molecule has 3 rings (SSSR count). The van der Waals surface area contributed by atoms with Gasteiger partial charge in [-0.1, -0.05) is 13.3 Å². The van der Waals surface area contributed by atoms with Crippen molar-refractivity contribution in [3.8, 4) is 0 Å². The summed E-state index contributed by atoms with van der Waals surface area (Å²) in [5, 5.41) is 0. The molecule has 1 aliphatic heterocycles. The molecule has 2 N–H and O–H groups in total. The molecule has 0 amide bonds. The number of aromatic nitrogens is 4. The number of hydrogen-bond acceptors (Lipinski definition) is 7. The number of rotatable bonds is 6. The number of hydrogen-bond donors (Lipinski definition) is 1. The fourth-order valence-corrected chi connectivity index (χ4v) is 3.05. The summed E-state index contributed by atoms with van der Waals surface area (Å²) in [6, 6.07) is 0. The van der Waals surface area contributed by atoms with Crippen LogP contribution in [0.3, 0.4) is 0 Å². The monoisotopic (exact) mass is 321 g/mol. The Bertz CT molecular complexity index is 674. The van der Waals surface area contributed by atoms with Crippen molar-refractivity contribution in [1.29, 1.82) is 0 Å². The first kappa shape index (κ1) is 16.1. The van der Waals surface area contributed by atoms with Crippen molar-refractivity contribution in [3.63, 3.8) is 0 Å². The molecule has 3 unspecified atom stereocenters. The summed E-state index contributed by atoms with van der Waals surface area (Å²) < 4.78 is 18.7. The summed E-state index contributed by atoms with van der Waals surface area (Å²) in [6.45, 7) is 2.58. The zero-order chi connectivity index (χ0) is 16.4. The fourth-order valence-electron chi connectivity index (χ4n) is 3.05. The molecule has 3 atom stereocenters. The van der Waals surface area contributed by atoms with E-state index in [-0.39, 0.29) is 24.4 Å². The van der Waals surface area contributed by atoms with Crippen LogP contribution in [0.1, 0.15) is 31.7 Å². The standard InChI is InChI=1S/C15H23N5O3/c1-4-5-9-13-14(19-15(16)18-9)20(8-17-13)12-6-10(22-3)11(23-12)7-21-2/h8,10-12H,4-7H2,1-3H3,(H2,16,18,19). The van der Waals surface area contributed by atoms with E-state index in [9.17, 15) is 0 Å². The Morgan fingerprint density at radius 1 is 1.39 bits per heavy atom. The van der Waals surface area contributed by atoms with E-state index in [2.05, 4.69) is 21.9 Å². The topological polar surface area (TPSA) is 97.3 Å². The molecule has 0 aliphatic carbocycles. The molecular weight excluding hydrogens is 298 g/mol. The van der Waals surface area contributed by atoms with E-state index in [1.807, 2.05) is 4.57 Å². The third kappa shape index (κ3) is 3.01. The minimum atomic E-state index is -0.200. The van der Waals surface area contributed by atoms with Crippen LogP contribution in [-0.4, -0.2) is 52.6 Å². The van der Waals surface area contributed by atoms with Gasteiger partial charge in [0.15, 0.2) is 5.65 Å². The Labute approximate surface area is 135 Å². The first-order chi connectivity index (χ1) is 11.2. The zero-order valence-electron chi connectivity index (χ0n) is 13.7. The van der Waals surface area contributed by atoms with Gasteiger partial charge in [-0.05, 0) is 6.42 Å². The molecular formula is C15H23N5O3. The van der Waals surface area contributed by atoms with E-state index in [1.54, 1.807) is 20.5 Å². The van der Waals surface area contributed by atoms with Gasteiger partial charge in [0, 0.05) is 20.6 Å². The molecule has 8 nitrogen and oxygen atoms in total. The molecule has 0 aromatic carbocycles.